The Morgan fingerprint density at radius 3 is 3.12 bits per heavy atom. The van der Waals surface area contributed by atoms with E-state index in [0.717, 1.165) is 12.3 Å². The summed E-state index contributed by atoms with van der Waals surface area (Å²) < 4.78 is 5.48. The molecule has 3 rings (SSSR count). The van der Waals surface area contributed by atoms with E-state index in [1.165, 1.54) is 11.3 Å². The van der Waals surface area contributed by atoms with Gasteiger partial charge in [0.1, 0.15) is 5.76 Å². The number of hydrogen-bond acceptors (Lipinski definition) is 3. The molecular weight excluding hydrogens is 200 g/mol. The topological polar surface area (TPSA) is 38.5 Å². The fourth-order valence-corrected chi connectivity index (χ4v) is 2.32. The number of nitrogens with zero attached hydrogens (tertiary/aromatic N) is 1. The van der Waals surface area contributed by atoms with Crippen molar-refractivity contribution in [3.05, 3.63) is 59.9 Å². The van der Waals surface area contributed by atoms with E-state index in [9.17, 15) is 0 Å². The van der Waals surface area contributed by atoms with Crippen molar-refractivity contribution in [3.8, 4) is 0 Å². The first-order chi connectivity index (χ1) is 7.90. The average molecular weight is 214 g/mol. The first kappa shape index (κ1) is 9.48. The van der Waals surface area contributed by atoms with E-state index >= 15 is 0 Å². The Balaban J connectivity index is 1.95. The molecule has 0 radical (unpaired) electrons. The molecule has 0 saturated carbocycles. The highest BCUT2D eigenvalue weighted by Gasteiger charge is 2.30. The third kappa shape index (κ3) is 1.32. The Hall–Kier alpha value is -1.74. The van der Waals surface area contributed by atoms with Crippen LogP contribution in [0.3, 0.4) is 0 Å². The molecule has 1 unspecified atom stereocenters. The van der Waals surface area contributed by atoms with Gasteiger partial charge in [0.15, 0.2) is 0 Å². The zero-order valence-electron chi connectivity index (χ0n) is 8.97. The number of rotatable bonds is 2. The Bertz CT molecular complexity index is 455. The van der Waals surface area contributed by atoms with Gasteiger partial charge in [-0.2, -0.15) is 0 Å². The second kappa shape index (κ2) is 3.68. The summed E-state index contributed by atoms with van der Waals surface area (Å²) in [5, 5.41) is 0. The molecule has 3 heteroatoms. The minimum atomic E-state index is 0.330. The van der Waals surface area contributed by atoms with Gasteiger partial charge >= 0.3 is 0 Å². The molecule has 0 saturated heterocycles. The molecule has 1 atom stereocenters. The molecule has 82 valence electrons. The number of nitrogens with two attached hydrogens (primary N) is 1. The van der Waals surface area contributed by atoms with Crippen LogP contribution in [0.2, 0.25) is 0 Å². The lowest BCUT2D eigenvalue weighted by Gasteiger charge is -2.27. The number of hydrogen-bond donors (Lipinski definition) is 1. The molecule has 3 aliphatic rings. The third-order valence-electron chi connectivity index (χ3n) is 3.05. The van der Waals surface area contributed by atoms with E-state index in [2.05, 4.69) is 29.3 Å². The van der Waals surface area contributed by atoms with Crippen LogP contribution in [0, 0.1) is 5.92 Å². The second-order valence-electron chi connectivity index (χ2n) is 3.99. The molecule has 2 N–H and O–H groups in total. The van der Waals surface area contributed by atoms with Gasteiger partial charge in [-0.25, -0.2) is 0 Å². The molecule has 2 heterocycles. The van der Waals surface area contributed by atoms with Crippen molar-refractivity contribution in [2.75, 3.05) is 13.1 Å². The first-order valence-corrected chi connectivity index (χ1v) is 5.51. The predicted molar refractivity (Wildman–Crippen MR) is 62.9 cm³/mol. The molecule has 1 aliphatic carbocycles. The Morgan fingerprint density at radius 1 is 1.31 bits per heavy atom. The summed E-state index contributed by atoms with van der Waals surface area (Å²) in [7, 11) is 0. The van der Waals surface area contributed by atoms with E-state index < -0.39 is 0 Å². The Morgan fingerprint density at radius 2 is 2.25 bits per heavy atom. The SMILES string of the molecule is NCCN1C=CC2C3=CC=COC3=CC=C21. The molecule has 0 amide bonds. The summed E-state index contributed by atoms with van der Waals surface area (Å²) in [4.78, 5) is 2.21. The summed E-state index contributed by atoms with van der Waals surface area (Å²) in [6.45, 7) is 1.53. The number of fused-ring (bicyclic) bond motifs is 3. The quantitative estimate of drug-likeness (QED) is 0.759. The molecule has 0 spiro atoms. The van der Waals surface area contributed by atoms with Crippen LogP contribution in [0.15, 0.2) is 59.9 Å². The smallest absolute Gasteiger partial charge is 0.130 e. The molecule has 0 fully saturated rings. The highest BCUT2D eigenvalue weighted by atomic mass is 16.5. The van der Waals surface area contributed by atoms with Gasteiger partial charge in [-0.05, 0) is 18.2 Å². The van der Waals surface area contributed by atoms with Crippen molar-refractivity contribution >= 4 is 0 Å². The molecule has 2 aliphatic heterocycles. The lowest BCUT2D eigenvalue weighted by atomic mass is 9.90. The van der Waals surface area contributed by atoms with Crippen LogP contribution >= 0.6 is 0 Å². The summed E-state index contributed by atoms with van der Waals surface area (Å²) in [6, 6.07) is 0. The fourth-order valence-electron chi connectivity index (χ4n) is 2.32. The van der Waals surface area contributed by atoms with Crippen molar-refractivity contribution in [2.45, 2.75) is 0 Å². The minimum Gasteiger partial charge on any atom is -0.465 e. The van der Waals surface area contributed by atoms with Gasteiger partial charge in [-0.15, -0.1) is 0 Å². The lowest BCUT2D eigenvalue weighted by Crippen LogP contribution is -2.25. The predicted octanol–water partition coefficient (Wildman–Crippen LogP) is 1.64. The molecular formula is C13H14N2O. The van der Waals surface area contributed by atoms with Gasteiger partial charge in [0, 0.05) is 36.5 Å². The van der Waals surface area contributed by atoms with E-state index in [-0.39, 0.29) is 0 Å². The van der Waals surface area contributed by atoms with E-state index in [0.29, 0.717) is 12.5 Å². The molecule has 3 nitrogen and oxygen atoms in total. The highest BCUT2D eigenvalue weighted by molar-refractivity contribution is 5.49. The number of ether oxygens (including phenoxy) is 1. The molecule has 16 heavy (non-hydrogen) atoms. The summed E-state index contributed by atoms with van der Waals surface area (Å²) in [5.74, 6) is 1.28. The zero-order valence-corrected chi connectivity index (χ0v) is 8.97. The van der Waals surface area contributed by atoms with Gasteiger partial charge < -0.3 is 15.4 Å². The van der Waals surface area contributed by atoms with Crippen LogP contribution in [-0.2, 0) is 4.74 Å². The van der Waals surface area contributed by atoms with Gasteiger partial charge in [0.2, 0.25) is 0 Å². The summed E-state index contributed by atoms with van der Waals surface area (Å²) in [6.07, 6.45) is 14.2. The maximum atomic E-state index is 5.59. The third-order valence-corrected chi connectivity index (χ3v) is 3.05. The van der Waals surface area contributed by atoms with E-state index in [1.807, 2.05) is 12.2 Å². The Kier molecular flexibility index (Phi) is 2.18. The van der Waals surface area contributed by atoms with Crippen molar-refractivity contribution in [1.29, 1.82) is 0 Å². The van der Waals surface area contributed by atoms with Gasteiger partial charge in [-0.3, -0.25) is 0 Å². The van der Waals surface area contributed by atoms with Crippen LogP contribution in [0.4, 0.5) is 0 Å². The molecule has 0 aromatic carbocycles. The lowest BCUT2D eigenvalue weighted by molar-refractivity contribution is 0.344. The molecule has 0 bridgehead atoms. The normalized spacial score (nSPS) is 25.4. The van der Waals surface area contributed by atoms with Crippen LogP contribution in [0.25, 0.3) is 0 Å². The summed E-state index contributed by atoms with van der Waals surface area (Å²) >= 11 is 0. The maximum Gasteiger partial charge on any atom is 0.130 e. The monoisotopic (exact) mass is 214 g/mol. The van der Waals surface area contributed by atoms with E-state index in [4.69, 9.17) is 10.5 Å². The minimum absolute atomic E-state index is 0.330. The molecule has 0 aromatic heterocycles. The Labute approximate surface area is 94.9 Å². The standard InChI is InChI=1S/C13H14N2O/c14-6-8-15-7-5-10-11-2-1-9-16-13(11)4-3-12(10)15/h1-5,7,9-10H,6,8,14H2. The van der Waals surface area contributed by atoms with Crippen molar-refractivity contribution in [2.24, 2.45) is 11.7 Å². The van der Waals surface area contributed by atoms with Crippen molar-refractivity contribution in [3.63, 3.8) is 0 Å². The van der Waals surface area contributed by atoms with Crippen molar-refractivity contribution in [1.82, 2.24) is 4.90 Å². The van der Waals surface area contributed by atoms with Crippen LogP contribution < -0.4 is 5.73 Å². The summed E-state index contributed by atoms with van der Waals surface area (Å²) in [5.41, 5.74) is 8.12. The van der Waals surface area contributed by atoms with Gasteiger partial charge in [0.25, 0.3) is 0 Å². The van der Waals surface area contributed by atoms with E-state index in [1.54, 1.807) is 6.26 Å². The van der Waals surface area contributed by atoms with Gasteiger partial charge in [-0.1, -0.05) is 12.2 Å². The first-order valence-electron chi connectivity index (χ1n) is 5.51. The van der Waals surface area contributed by atoms with Crippen LogP contribution in [-0.4, -0.2) is 18.0 Å². The average Bonchev–Trinajstić information content (AvgIpc) is 2.73. The largest absolute Gasteiger partial charge is 0.465 e. The second-order valence-corrected chi connectivity index (χ2v) is 3.99. The van der Waals surface area contributed by atoms with Gasteiger partial charge in [0.05, 0.1) is 6.26 Å². The maximum absolute atomic E-state index is 5.59. The van der Waals surface area contributed by atoms with Crippen LogP contribution in [0.5, 0.6) is 0 Å². The fraction of sp³-hybridized carbons (Fsp3) is 0.231. The van der Waals surface area contributed by atoms with Crippen molar-refractivity contribution < 1.29 is 4.74 Å². The zero-order chi connectivity index (χ0) is 11.0. The highest BCUT2D eigenvalue weighted by Crippen LogP contribution is 2.39. The molecule has 0 aromatic rings. The number of allylic oxidation sites excluding steroid dienone is 6. The van der Waals surface area contributed by atoms with Crippen LogP contribution in [0.1, 0.15) is 0 Å².